The van der Waals surface area contributed by atoms with Gasteiger partial charge in [-0.25, -0.2) is 0 Å². The summed E-state index contributed by atoms with van der Waals surface area (Å²) in [4.78, 5) is 0. The monoisotopic (exact) mass is 279 g/mol. The highest BCUT2D eigenvalue weighted by molar-refractivity contribution is 5.19. The zero-order valence-corrected chi connectivity index (χ0v) is 12.8. The van der Waals surface area contributed by atoms with Gasteiger partial charge in [-0.15, -0.1) is 0 Å². The van der Waals surface area contributed by atoms with Gasteiger partial charge in [0, 0.05) is 25.8 Å². The number of nitrogens with one attached hydrogen (secondary N) is 1. The van der Waals surface area contributed by atoms with Gasteiger partial charge in [-0.2, -0.15) is 0 Å². The standard InChI is InChI=1S/C17H29NO2/c1-3-4-6-11-17(15-9-7-5-8-10-15)18-16(12-13-19)14-20-2/h5,7-10,16-19H,3-4,6,11-14H2,1-2H3. The number of rotatable bonds is 11. The molecule has 0 saturated heterocycles. The topological polar surface area (TPSA) is 41.5 Å². The number of aliphatic hydroxyl groups is 1. The summed E-state index contributed by atoms with van der Waals surface area (Å²) >= 11 is 0. The molecule has 3 nitrogen and oxygen atoms in total. The summed E-state index contributed by atoms with van der Waals surface area (Å²) in [5.41, 5.74) is 1.32. The zero-order valence-electron chi connectivity index (χ0n) is 12.8. The molecule has 0 heterocycles. The fraction of sp³-hybridized carbons (Fsp3) is 0.647. The molecule has 2 N–H and O–H groups in total. The summed E-state index contributed by atoms with van der Waals surface area (Å²) in [6, 6.07) is 11.1. The van der Waals surface area contributed by atoms with Crippen LogP contribution in [-0.4, -0.2) is 31.5 Å². The molecule has 2 atom stereocenters. The molecule has 0 radical (unpaired) electrons. The van der Waals surface area contributed by atoms with E-state index in [-0.39, 0.29) is 12.6 Å². The lowest BCUT2D eigenvalue weighted by Gasteiger charge is -2.25. The second-order valence-corrected chi connectivity index (χ2v) is 5.29. The van der Waals surface area contributed by atoms with Crippen LogP contribution in [0.4, 0.5) is 0 Å². The van der Waals surface area contributed by atoms with Crippen LogP contribution < -0.4 is 5.32 Å². The Balaban J connectivity index is 2.65. The first-order chi connectivity index (χ1) is 9.81. The van der Waals surface area contributed by atoms with E-state index in [4.69, 9.17) is 9.84 Å². The van der Waals surface area contributed by atoms with Gasteiger partial charge in [-0.05, 0) is 18.4 Å². The lowest BCUT2D eigenvalue weighted by Crippen LogP contribution is -2.37. The van der Waals surface area contributed by atoms with Crippen LogP contribution in [0, 0.1) is 0 Å². The van der Waals surface area contributed by atoms with Gasteiger partial charge < -0.3 is 15.2 Å². The third-order valence-corrected chi connectivity index (χ3v) is 3.58. The van der Waals surface area contributed by atoms with E-state index in [0.717, 1.165) is 12.8 Å². The van der Waals surface area contributed by atoms with Gasteiger partial charge in [0.15, 0.2) is 0 Å². The van der Waals surface area contributed by atoms with Crippen LogP contribution in [0.3, 0.4) is 0 Å². The van der Waals surface area contributed by atoms with E-state index >= 15 is 0 Å². The number of hydrogen-bond donors (Lipinski definition) is 2. The van der Waals surface area contributed by atoms with Crippen LogP contribution in [0.15, 0.2) is 30.3 Å². The summed E-state index contributed by atoms with van der Waals surface area (Å²) in [5, 5.41) is 12.8. The molecule has 20 heavy (non-hydrogen) atoms. The average molecular weight is 279 g/mol. The molecule has 0 fully saturated rings. The molecule has 0 spiro atoms. The predicted octanol–water partition coefficient (Wildman–Crippen LogP) is 3.30. The summed E-state index contributed by atoms with van der Waals surface area (Å²) in [6.45, 7) is 3.06. The van der Waals surface area contributed by atoms with Crippen LogP contribution in [0.25, 0.3) is 0 Å². The molecular weight excluding hydrogens is 250 g/mol. The van der Waals surface area contributed by atoms with E-state index in [1.165, 1.54) is 24.8 Å². The molecule has 3 heteroatoms. The van der Waals surface area contributed by atoms with E-state index in [1.807, 2.05) is 6.07 Å². The smallest absolute Gasteiger partial charge is 0.0616 e. The van der Waals surface area contributed by atoms with E-state index in [1.54, 1.807) is 7.11 Å². The van der Waals surface area contributed by atoms with Crippen molar-refractivity contribution in [3.8, 4) is 0 Å². The van der Waals surface area contributed by atoms with Crippen molar-refractivity contribution in [2.24, 2.45) is 0 Å². The zero-order chi connectivity index (χ0) is 14.6. The molecule has 1 aromatic rings. The van der Waals surface area contributed by atoms with Crippen LogP contribution in [-0.2, 0) is 4.74 Å². The molecular formula is C17H29NO2. The molecule has 0 saturated carbocycles. The van der Waals surface area contributed by atoms with E-state index in [0.29, 0.717) is 12.6 Å². The van der Waals surface area contributed by atoms with Crippen molar-refractivity contribution in [1.82, 2.24) is 5.32 Å². The fourth-order valence-corrected chi connectivity index (χ4v) is 2.49. The number of methoxy groups -OCH3 is 1. The molecule has 1 rings (SSSR count). The normalized spacial score (nSPS) is 14.2. The summed E-state index contributed by atoms with van der Waals surface area (Å²) in [6.07, 6.45) is 5.58. The Morgan fingerprint density at radius 2 is 1.90 bits per heavy atom. The largest absolute Gasteiger partial charge is 0.396 e. The molecule has 0 aliphatic rings. The third-order valence-electron chi connectivity index (χ3n) is 3.58. The first kappa shape index (κ1) is 17.2. The van der Waals surface area contributed by atoms with Crippen LogP contribution >= 0.6 is 0 Å². The Labute approximate surface area is 123 Å². The van der Waals surface area contributed by atoms with Crippen molar-refractivity contribution >= 4 is 0 Å². The number of aliphatic hydroxyl groups excluding tert-OH is 1. The van der Waals surface area contributed by atoms with Crippen molar-refractivity contribution in [1.29, 1.82) is 0 Å². The van der Waals surface area contributed by atoms with E-state index in [2.05, 4.69) is 36.5 Å². The SMILES string of the molecule is CCCCCC(NC(CCO)COC)c1ccccc1. The summed E-state index contributed by atoms with van der Waals surface area (Å²) in [5.74, 6) is 0. The molecule has 0 aromatic heterocycles. The van der Waals surface area contributed by atoms with Gasteiger partial charge >= 0.3 is 0 Å². The number of unbranched alkanes of at least 4 members (excludes halogenated alkanes) is 2. The second kappa shape index (κ2) is 10.8. The van der Waals surface area contributed by atoms with Crippen LogP contribution in [0.1, 0.15) is 50.6 Å². The van der Waals surface area contributed by atoms with Crippen molar-refractivity contribution in [3.05, 3.63) is 35.9 Å². The highest BCUT2D eigenvalue weighted by atomic mass is 16.5. The first-order valence-electron chi connectivity index (χ1n) is 7.72. The highest BCUT2D eigenvalue weighted by Crippen LogP contribution is 2.21. The molecule has 0 aliphatic carbocycles. The quantitative estimate of drug-likeness (QED) is 0.611. The van der Waals surface area contributed by atoms with Gasteiger partial charge in [-0.1, -0.05) is 56.5 Å². The molecule has 0 amide bonds. The maximum Gasteiger partial charge on any atom is 0.0616 e. The number of hydrogen-bond acceptors (Lipinski definition) is 3. The lowest BCUT2D eigenvalue weighted by atomic mass is 9.99. The Morgan fingerprint density at radius 3 is 2.50 bits per heavy atom. The van der Waals surface area contributed by atoms with Gasteiger partial charge in [0.05, 0.1) is 6.61 Å². The Kier molecular flexibility index (Phi) is 9.29. The number of ether oxygens (including phenoxy) is 1. The van der Waals surface area contributed by atoms with Crippen molar-refractivity contribution in [2.45, 2.75) is 51.1 Å². The minimum atomic E-state index is 0.192. The lowest BCUT2D eigenvalue weighted by molar-refractivity contribution is 0.141. The van der Waals surface area contributed by atoms with Gasteiger partial charge in [0.25, 0.3) is 0 Å². The van der Waals surface area contributed by atoms with E-state index in [9.17, 15) is 0 Å². The summed E-state index contributed by atoms with van der Waals surface area (Å²) in [7, 11) is 1.71. The molecule has 2 unspecified atom stereocenters. The Morgan fingerprint density at radius 1 is 1.15 bits per heavy atom. The van der Waals surface area contributed by atoms with Crippen LogP contribution in [0.5, 0.6) is 0 Å². The Bertz CT molecular complexity index is 323. The van der Waals surface area contributed by atoms with Gasteiger partial charge in [0.1, 0.15) is 0 Å². The third kappa shape index (κ3) is 6.51. The van der Waals surface area contributed by atoms with Crippen molar-refractivity contribution in [3.63, 3.8) is 0 Å². The Hall–Kier alpha value is -0.900. The minimum absolute atomic E-state index is 0.192. The second-order valence-electron chi connectivity index (χ2n) is 5.29. The van der Waals surface area contributed by atoms with Crippen molar-refractivity contribution < 1.29 is 9.84 Å². The molecule has 0 aliphatic heterocycles. The molecule has 114 valence electrons. The first-order valence-corrected chi connectivity index (χ1v) is 7.72. The van der Waals surface area contributed by atoms with Gasteiger partial charge in [0.2, 0.25) is 0 Å². The number of benzene rings is 1. The summed E-state index contributed by atoms with van der Waals surface area (Å²) < 4.78 is 5.25. The van der Waals surface area contributed by atoms with Crippen LogP contribution in [0.2, 0.25) is 0 Å². The molecule has 0 bridgehead atoms. The fourth-order valence-electron chi connectivity index (χ4n) is 2.49. The maximum absolute atomic E-state index is 9.17. The van der Waals surface area contributed by atoms with Gasteiger partial charge in [-0.3, -0.25) is 0 Å². The maximum atomic E-state index is 9.17. The highest BCUT2D eigenvalue weighted by Gasteiger charge is 2.16. The predicted molar refractivity (Wildman–Crippen MR) is 83.8 cm³/mol. The minimum Gasteiger partial charge on any atom is -0.396 e. The van der Waals surface area contributed by atoms with E-state index < -0.39 is 0 Å². The average Bonchev–Trinajstić information content (AvgIpc) is 2.48. The van der Waals surface area contributed by atoms with Crippen molar-refractivity contribution in [2.75, 3.05) is 20.3 Å². The molecule has 1 aromatic carbocycles.